The van der Waals surface area contributed by atoms with E-state index in [1.807, 2.05) is 18.2 Å². The Morgan fingerprint density at radius 1 is 1.11 bits per heavy atom. The van der Waals surface area contributed by atoms with Crippen LogP contribution < -0.4 is 0 Å². The maximum atomic E-state index is 11.3. The van der Waals surface area contributed by atoms with E-state index in [9.17, 15) is 9.90 Å². The fraction of sp³-hybridized carbons (Fsp3) is 0.286. The van der Waals surface area contributed by atoms with Gasteiger partial charge in [0.15, 0.2) is 0 Å². The third-order valence-corrected chi connectivity index (χ3v) is 7.03. The largest absolute Gasteiger partial charge is 0.481 e. The van der Waals surface area contributed by atoms with Crippen LogP contribution in [0.5, 0.6) is 0 Å². The lowest BCUT2D eigenvalue weighted by Gasteiger charge is -2.37. The van der Waals surface area contributed by atoms with Crippen molar-refractivity contribution in [2.45, 2.75) is 18.9 Å². The molecule has 0 spiro atoms. The van der Waals surface area contributed by atoms with Gasteiger partial charge in [-0.2, -0.15) is 0 Å². The highest BCUT2D eigenvalue weighted by atomic mass is 35.5. The molecule has 3 aromatic rings. The number of hydrogen-bond donors (Lipinski definition) is 1. The maximum Gasteiger partial charge on any atom is 0.306 e. The maximum absolute atomic E-state index is 11.3. The lowest BCUT2D eigenvalue weighted by atomic mass is 9.91. The molecule has 0 radical (unpaired) electrons. The van der Waals surface area contributed by atoms with Crippen molar-refractivity contribution in [1.29, 1.82) is 0 Å². The molecule has 2 aromatic carbocycles. The monoisotopic (exact) mass is 419 g/mol. The lowest BCUT2D eigenvalue weighted by molar-refractivity contribution is -0.143. The van der Waals surface area contributed by atoms with Gasteiger partial charge >= 0.3 is 5.97 Å². The van der Waals surface area contributed by atoms with E-state index in [0.29, 0.717) is 22.9 Å². The molecule has 4 rings (SSSR count). The highest BCUT2D eigenvalue weighted by molar-refractivity contribution is 7.17. The predicted molar refractivity (Wildman–Crippen MR) is 112 cm³/mol. The average molecular weight is 420 g/mol. The molecule has 1 atom stereocenters. The number of nitrogens with zero attached hydrogens (tertiary/aromatic N) is 1. The Hall–Kier alpha value is -1.59. The topological polar surface area (TPSA) is 40.5 Å². The zero-order chi connectivity index (χ0) is 19.0. The molecule has 1 unspecified atom stereocenters. The smallest absolute Gasteiger partial charge is 0.306 e. The van der Waals surface area contributed by atoms with Gasteiger partial charge in [-0.15, -0.1) is 11.3 Å². The van der Waals surface area contributed by atoms with Crippen LogP contribution in [-0.4, -0.2) is 29.1 Å². The number of rotatable bonds is 4. The molecule has 2 heterocycles. The van der Waals surface area contributed by atoms with Crippen molar-refractivity contribution in [2.75, 3.05) is 13.1 Å². The van der Waals surface area contributed by atoms with Gasteiger partial charge in [-0.25, -0.2) is 0 Å². The molecule has 0 saturated carbocycles. The van der Waals surface area contributed by atoms with E-state index >= 15 is 0 Å². The first kappa shape index (κ1) is 18.8. The quantitative estimate of drug-likeness (QED) is 0.555. The fourth-order valence-corrected chi connectivity index (χ4v) is 5.17. The number of halogens is 2. The van der Waals surface area contributed by atoms with E-state index in [2.05, 4.69) is 34.5 Å². The summed E-state index contributed by atoms with van der Waals surface area (Å²) in [5.74, 6) is -0.948. The molecule has 3 nitrogen and oxygen atoms in total. The Morgan fingerprint density at radius 2 is 1.85 bits per heavy atom. The van der Waals surface area contributed by atoms with E-state index in [-0.39, 0.29) is 12.0 Å². The van der Waals surface area contributed by atoms with Crippen LogP contribution in [-0.2, 0) is 4.79 Å². The van der Waals surface area contributed by atoms with Gasteiger partial charge in [-0.1, -0.05) is 47.5 Å². The van der Waals surface area contributed by atoms with Crippen LogP contribution in [0.2, 0.25) is 10.0 Å². The van der Waals surface area contributed by atoms with Crippen molar-refractivity contribution in [2.24, 2.45) is 5.92 Å². The molecule has 0 bridgehead atoms. The molecule has 0 amide bonds. The molecule has 0 aliphatic carbocycles. The van der Waals surface area contributed by atoms with Crippen molar-refractivity contribution in [1.82, 2.24) is 4.90 Å². The van der Waals surface area contributed by atoms with Gasteiger partial charge in [0.2, 0.25) is 0 Å². The Morgan fingerprint density at radius 3 is 2.56 bits per heavy atom. The molecule has 1 fully saturated rings. The lowest BCUT2D eigenvalue weighted by Crippen LogP contribution is -2.39. The van der Waals surface area contributed by atoms with Crippen molar-refractivity contribution in [3.63, 3.8) is 0 Å². The first-order valence-corrected chi connectivity index (χ1v) is 10.6. The summed E-state index contributed by atoms with van der Waals surface area (Å²) in [7, 11) is 0. The zero-order valence-corrected chi connectivity index (χ0v) is 16.9. The molecular weight excluding hydrogens is 401 g/mol. The number of carbonyl (C=O) groups is 1. The molecule has 140 valence electrons. The summed E-state index contributed by atoms with van der Waals surface area (Å²) in [5.41, 5.74) is 2.32. The Balaban J connectivity index is 1.76. The number of hydrogen-bond acceptors (Lipinski definition) is 3. The highest BCUT2D eigenvalue weighted by Gasteiger charge is 2.31. The molecule has 27 heavy (non-hydrogen) atoms. The Kier molecular flexibility index (Phi) is 5.42. The van der Waals surface area contributed by atoms with Gasteiger partial charge < -0.3 is 5.11 Å². The number of fused-ring (bicyclic) bond motifs is 1. The van der Waals surface area contributed by atoms with E-state index in [0.717, 1.165) is 18.7 Å². The second-order valence-corrected chi connectivity index (χ2v) is 8.64. The average Bonchev–Trinajstić information content (AvgIpc) is 3.09. The molecule has 6 heteroatoms. The second kappa shape index (κ2) is 7.80. The zero-order valence-electron chi connectivity index (χ0n) is 14.6. The van der Waals surface area contributed by atoms with Crippen LogP contribution in [0.4, 0.5) is 0 Å². The minimum atomic E-state index is -0.693. The summed E-state index contributed by atoms with van der Waals surface area (Å²) in [6, 6.07) is 14.2. The van der Waals surface area contributed by atoms with Gasteiger partial charge in [0.05, 0.1) is 22.0 Å². The van der Waals surface area contributed by atoms with Crippen LogP contribution in [0.15, 0.2) is 47.8 Å². The first-order valence-electron chi connectivity index (χ1n) is 8.92. The standard InChI is InChI=1S/C21H19Cl2NO2S/c22-17-6-5-14(11-18(17)23)20(24-9-7-13(8-10-24)21(25)26)16-12-27-19-4-2-1-3-15(16)19/h1-6,11-13,20H,7-10H2,(H,25,26). The summed E-state index contributed by atoms with van der Waals surface area (Å²) in [6.45, 7) is 1.48. The van der Waals surface area contributed by atoms with Gasteiger partial charge in [-0.3, -0.25) is 9.69 Å². The van der Waals surface area contributed by atoms with Gasteiger partial charge in [0.1, 0.15) is 0 Å². The van der Waals surface area contributed by atoms with Crippen LogP contribution in [0.25, 0.3) is 10.1 Å². The summed E-state index contributed by atoms with van der Waals surface area (Å²) in [6.07, 6.45) is 1.32. The first-order chi connectivity index (χ1) is 13.0. The number of benzene rings is 2. The molecule has 1 aliphatic rings. The third kappa shape index (κ3) is 3.72. The van der Waals surface area contributed by atoms with E-state index < -0.39 is 5.97 Å². The fourth-order valence-electron chi connectivity index (χ4n) is 3.88. The number of aliphatic carboxylic acids is 1. The summed E-state index contributed by atoms with van der Waals surface area (Å²) in [4.78, 5) is 13.7. The number of piperidine rings is 1. The van der Waals surface area contributed by atoms with Crippen LogP contribution in [0.3, 0.4) is 0 Å². The minimum Gasteiger partial charge on any atom is -0.481 e. The number of carboxylic acid groups (broad SMARTS) is 1. The van der Waals surface area contributed by atoms with Crippen LogP contribution in [0.1, 0.15) is 30.0 Å². The van der Waals surface area contributed by atoms with E-state index in [1.54, 1.807) is 11.3 Å². The van der Waals surface area contributed by atoms with E-state index in [1.165, 1.54) is 15.6 Å². The molecule has 1 N–H and O–H groups in total. The number of likely N-dealkylation sites (tertiary alicyclic amines) is 1. The predicted octanol–water partition coefficient (Wildman–Crippen LogP) is 6.09. The minimum absolute atomic E-state index is 0.0330. The van der Waals surface area contributed by atoms with E-state index in [4.69, 9.17) is 23.2 Å². The van der Waals surface area contributed by atoms with Crippen LogP contribution in [0, 0.1) is 5.92 Å². The van der Waals surface area contributed by atoms with Crippen LogP contribution >= 0.6 is 34.5 Å². The number of carboxylic acids is 1. The Labute approximate surface area is 172 Å². The summed E-state index contributed by atoms with van der Waals surface area (Å²) in [5, 5.41) is 13.8. The van der Waals surface area contributed by atoms with Crippen molar-refractivity contribution >= 4 is 50.6 Å². The summed E-state index contributed by atoms with van der Waals surface area (Å²) >= 11 is 14.2. The molecule has 1 saturated heterocycles. The van der Waals surface area contributed by atoms with Crippen molar-refractivity contribution < 1.29 is 9.90 Å². The molecule has 1 aliphatic heterocycles. The normalized spacial score (nSPS) is 17.3. The number of thiophene rings is 1. The SMILES string of the molecule is O=C(O)C1CCN(C(c2ccc(Cl)c(Cl)c2)c2csc3ccccc23)CC1. The molecular formula is C21H19Cl2NO2S. The highest BCUT2D eigenvalue weighted by Crippen LogP contribution is 2.40. The van der Waals surface area contributed by atoms with Gasteiger partial charge in [0, 0.05) is 4.70 Å². The van der Waals surface area contributed by atoms with Gasteiger partial charge in [0.25, 0.3) is 0 Å². The summed E-state index contributed by atoms with van der Waals surface area (Å²) < 4.78 is 1.25. The van der Waals surface area contributed by atoms with Gasteiger partial charge in [-0.05, 0) is 66.0 Å². The third-order valence-electron chi connectivity index (χ3n) is 5.31. The Bertz CT molecular complexity index is 979. The van der Waals surface area contributed by atoms with Crippen molar-refractivity contribution in [3.05, 3.63) is 69.0 Å². The molecule has 1 aromatic heterocycles. The second-order valence-electron chi connectivity index (χ2n) is 6.91. The van der Waals surface area contributed by atoms with Crippen molar-refractivity contribution in [3.8, 4) is 0 Å².